The molecule has 0 aliphatic heterocycles. The van der Waals surface area contributed by atoms with Crippen molar-refractivity contribution in [2.45, 2.75) is 26.8 Å². The predicted molar refractivity (Wildman–Crippen MR) is 78.3 cm³/mol. The van der Waals surface area contributed by atoms with Crippen LogP contribution in [0.15, 0.2) is 18.2 Å². The summed E-state index contributed by atoms with van der Waals surface area (Å²) in [6.45, 7) is 6.50. The van der Waals surface area contributed by atoms with Crippen molar-refractivity contribution in [2.75, 3.05) is 18.5 Å². The first-order valence-electron chi connectivity index (χ1n) is 6.04. The van der Waals surface area contributed by atoms with E-state index in [-0.39, 0.29) is 18.3 Å². The molecule has 1 atom stereocenters. The normalized spacial score (nSPS) is 11.2. The molecule has 0 aliphatic rings. The highest BCUT2D eigenvalue weighted by molar-refractivity contribution is 5.95. The van der Waals surface area contributed by atoms with Crippen LogP contribution in [0.3, 0.4) is 0 Å². The third-order valence-corrected chi connectivity index (χ3v) is 2.23. The number of nitrogens with two attached hydrogens (primary N) is 1. The lowest BCUT2D eigenvalue weighted by atomic mass is 10.2. The fourth-order valence-corrected chi connectivity index (χ4v) is 1.39. The Hall–Kier alpha value is -1.46. The van der Waals surface area contributed by atoms with Gasteiger partial charge in [-0.05, 0) is 32.9 Å². The van der Waals surface area contributed by atoms with E-state index in [1.807, 2.05) is 13.8 Å². The molecule has 5 nitrogen and oxygen atoms in total. The van der Waals surface area contributed by atoms with Crippen LogP contribution in [0.2, 0.25) is 0 Å². The van der Waals surface area contributed by atoms with Crippen molar-refractivity contribution >= 4 is 24.0 Å². The summed E-state index contributed by atoms with van der Waals surface area (Å²) in [7, 11) is 0. The van der Waals surface area contributed by atoms with Gasteiger partial charge in [-0.2, -0.15) is 0 Å². The molecule has 0 fully saturated rings. The molecule has 1 rings (SSSR count). The number of rotatable bonds is 6. The van der Waals surface area contributed by atoms with Crippen LogP contribution in [0, 0.1) is 0 Å². The molecule has 6 heteroatoms. The van der Waals surface area contributed by atoms with Crippen molar-refractivity contribution in [1.82, 2.24) is 0 Å². The lowest BCUT2D eigenvalue weighted by molar-refractivity contribution is -0.117. The Morgan fingerprint density at radius 1 is 1.32 bits per heavy atom. The Balaban J connectivity index is 0.00000324. The Kier molecular flexibility index (Phi) is 7.95. The minimum absolute atomic E-state index is 0. The number of amides is 1. The molecule has 108 valence electrons. The molecule has 0 spiro atoms. The summed E-state index contributed by atoms with van der Waals surface area (Å²) in [6, 6.07) is 4.73. The van der Waals surface area contributed by atoms with Crippen molar-refractivity contribution in [1.29, 1.82) is 0 Å². The highest BCUT2D eigenvalue weighted by atomic mass is 35.5. The second-order valence-electron chi connectivity index (χ2n) is 3.80. The molecule has 0 saturated heterocycles. The van der Waals surface area contributed by atoms with E-state index in [1.54, 1.807) is 25.1 Å². The van der Waals surface area contributed by atoms with Crippen LogP contribution in [0.4, 0.5) is 5.69 Å². The number of nitrogens with one attached hydrogen (secondary N) is 1. The number of hydrogen-bond acceptors (Lipinski definition) is 4. The van der Waals surface area contributed by atoms with Gasteiger partial charge in [0.15, 0.2) is 0 Å². The molecule has 0 heterocycles. The van der Waals surface area contributed by atoms with Gasteiger partial charge in [0.25, 0.3) is 0 Å². The number of halogens is 1. The van der Waals surface area contributed by atoms with E-state index in [0.717, 1.165) is 0 Å². The van der Waals surface area contributed by atoms with Gasteiger partial charge in [-0.3, -0.25) is 4.79 Å². The van der Waals surface area contributed by atoms with E-state index in [0.29, 0.717) is 30.4 Å². The molecule has 1 aromatic rings. The van der Waals surface area contributed by atoms with Gasteiger partial charge in [0.1, 0.15) is 11.5 Å². The van der Waals surface area contributed by atoms with Crippen molar-refractivity contribution in [3.05, 3.63) is 18.2 Å². The third kappa shape index (κ3) is 5.36. The van der Waals surface area contributed by atoms with E-state index >= 15 is 0 Å². The third-order valence-electron chi connectivity index (χ3n) is 2.23. The maximum atomic E-state index is 11.6. The predicted octanol–water partition coefficient (Wildman–Crippen LogP) is 2.19. The fourth-order valence-electron chi connectivity index (χ4n) is 1.39. The van der Waals surface area contributed by atoms with Crippen LogP contribution in [0.5, 0.6) is 11.5 Å². The number of ether oxygens (including phenoxy) is 2. The van der Waals surface area contributed by atoms with Crippen LogP contribution < -0.4 is 20.5 Å². The van der Waals surface area contributed by atoms with Crippen LogP contribution >= 0.6 is 12.4 Å². The molecule has 3 N–H and O–H groups in total. The minimum atomic E-state index is -0.574. The lowest BCUT2D eigenvalue weighted by Crippen LogP contribution is -2.32. The fraction of sp³-hybridized carbons (Fsp3) is 0.462. The second kappa shape index (κ2) is 8.61. The zero-order valence-corrected chi connectivity index (χ0v) is 12.3. The molecule has 19 heavy (non-hydrogen) atoms. The first-order valence-corrected chi connectivity index (χ1v) is 6.04. The van der Waals surface area contributed by atoms with Crippen molar-refractivity contribution in [3.63, 3.8) is 0 Å². The summed E-state index contributed by atoms with van der Waals surface area (Å²) in [5.74, 6) is 1.03. The average molecular weight is 289 g/mol. The van der Waals surface area contributed by atoms with E-state index in [9.17, 15) is 4.79 Å². The topological polar surface area (TPSA) is 73.6 Å². The Morgan fingerprint density at radius 2 is 1.95 bits per heavy atom. The summed E-state index contributed by atoms with van der Waals surface area (Å²) < 4.78 is 10.8. The summed E-state index contributed by atoms with van der Waals surface area (Å²) >= 11 is 0. The van der Waals surface area contributed by atoms with E-state index < -0.39 is 6.04 Å². The van der Waals surface area contributed by atoms with Gasteiger partial charge in [-0.15, -0.1) is 12.4 Å². The second-order valence-corrected chi connectivity index (χ2v) is 3.80. The van der Waals surface area contributed by atoms with Crippen LogP contribution in [-0.4, -0.2) is 25.2 Å². The number of carbonyl (C=O) groups is 1. The van der Waals surface area contributed by atoms with Gasteiger partial charge < -0.3 is 20.5 Å². The van der Waals surface area contributed by atoms with Crippen LogP contribution in [0.25, 0.3) is 0 Å². The Bertz CT molecular complexity index is 411. The first kappa shape index (κ1) is 17.5. The quantitative estimate of drug-likeness (QED) is 0.841. The van der Waals surface area contributed by atoms with Crippen molar-refractivity contribution in [3.8, 4) is 11.5 Å². The van der Waals surface area contributed by atoms with Crippen LogP contribution in [0.1, 0.15) is 20.8 Å². The highest BCUT2D eigenvalue weighted by Gasteiger charge is 2.12. The molecule has 0 unspecified atom stereocenters. The molecular weight excluding hydrogens is 268 g/mol. The van der Waals surface area contributed by atoms with E-state index in [2.05, 4.69) is 5.32 Å². The summed E-state index contributed by atoms with van der Waals surface area (Å²) in [5.41, 5.74) is 6.09. The largest absolute Gasteiger partial charge is 0.494 e. The maximum absolute atomic E-state index is 11.6. The number of carbonyl (C=O) groups excluding carboxylic acids is 1. The molecule has 0 radical (unpaired) electrons. The summed E-state index contributed by atoms with van der Waals surface area (Å²) in [4.78, 5) is 11.6. The molecule has 0 bridgehead atoms. The Labute approximate surface area is 119 Å². The molecule has 0 aromatic heterocycles. The lowest BCUT2D eigenvalue weighted by Gasteiger charge is -2.14. The highest BCUT2D eigenvalue weighted by Crippen LogP contribution is 2.29. The van der Waals surface area contributed by atoms with Crippen LogP contribution in [-0.2, 0) is 4.79 Å². The zero-order valence-electron chi connectivity index (χ0n) is 11.4. The van der Waals surface area contributed by atoms with Gasteiger partial charge in [0.05, 0.1) is 24.9 Å². The molecule has 1 amide bonds. The number of hydrogen-bond donors (Lipinski definition) is 2. The molecule has 1 aromatic carbocycles. The van der Waals surface area contributed by atoms with Gasteiger partial charge in [0.2, 0.25) is 5.91 Å². The van der Waals surface area contributed by atoms with Gasteiger partial charge in [0, 0.05) is 6.07 Å². The molecule has 0 aliphatic carbocycles. The summed E-state index contributed by atoms with van der Waals surface area (Å²) in [6.07, 6.45) is 0. The monoisotopic (exact) mass is 288 g/mol. The van der Waals surface area contributed by atoms with Gasteiger partial charge in [-0.25, -0.2) is 0 Å². The minimum Gasteiger partial charge on any atom is -0.494 e. The van der Waals surface area contributed by atoms with E-state index in [1.165, 1.54) is 0 Å². The van der Waals surface area contributed by atoms with Crippen molar-refractivity contribution in [2.24, 2.45) is 5.73 Å². The number of benzene rings is 1. The smallest absolute Gasteiger partial charge is 0.241 e. The first-order chi connectivity index (χ1) is 8.58. The van der Waals surface area contributed by atoms with Gasteiger partial charge >= 0.3 is 0 Å². The van der Waals surface area contributed by atoms with E-state index in [4.69, 9.17) is 15.2 Å². The standard InChI is InChI=1S/C13H20N2O3.ClH/c1-4-17-10-6-7-12(18-5-2)11(8-10)15-13(16)9(3)14;/h6-9H,4-5,14H2,1-3H3,(H,15,16);1H/t9-;/m0./s1. The SMILES string of the molecule is CCOc1ccc(OCC)c(NC(=O)[C@H](C)N)c1.Cl. The zero-order chi connectivity index (χ0) is 13.5. The number of anilines is 1. The summed E-state index contributed by atoms with van der Waals surface area (Å²) in [5, 5.41) is 2.72. The Morgan fingerprint density at radius 3 is 2.47 bits per heavy atom. The molecule has 0 saturated carbocycles. The van der Waals surface area contributed by atoms with Gasteiger partial charge in [-0.1, -0.05) is 0 Å². The molecular formula is C13H21ClN2O3. The maximum Gasteiger partial charge on any atom is 0.241 e. The van der Waals surface area contributed by atoms with Crippen molar-refractivity contribution < 1.29 is 14.3 Å². The average Bonchev–Trinajstić information content (AvgIpc) is 2.33.